The lowest BCUT2D eigenvalue weighted by atomic mass is 9.66. The second-order valence-electron chi connectivity index (χ2n) is 8.98. The average molecular weight is 487 g/mol. The topological polar surface area (TPSA) is 98.3 Å². The Balaban J connectivity index is 1.42. The molecule has 2 aliphatic rings. The molecule has 0 spiro atoms. The summed E-state index contributed by atoms with van der Waals surface area (Å²) in [7, 11) is 0. The Hall–Kier alpha value is -2.59. The number of fused-ring (bicyclic) bond motifs is 2. The van der Waals surface area contributed by atoms with Gasteiger partial charge in [-0.05, 0) is 69.4 Å². The molecule has 2 fully saturated rings. The number of ether oxygens (including phenoxy) is 1. The van der Waals surface area contributed by atoms with E-state index in [1.54, 1.807) is 11.6 Å². The summed E-state index contributed by atoms with van der Waals surface area (Å²) in [6.45, 7) is 9.32. The van der Waals surface area contributed by atoms with Gasteiger partial charge in [-0.1, -0.05) is 24.0 Å². The summed E-state index contributed by atoms with van der Waals surface area (Å²) in [5.74, 6) is 2.22. The molecule has 8 nitrogen and oxygen atoms in total. The van der Waals surface area contributed by atoms with Crippen LogP contribution in [0.15, 0.2) is 40.9 Å². The van der Waals surface area contributed by atoms with Gasteiger partial charge in [-0.15, -0.1) is 5.10 Å². The highest BCUT2D eigenvalue weighted by atomic mass is 32.2. The fraction of sp³-hybridized carbons (Fsp3) is 0.478. The van der Waals surface area contributed by atoms with E-state index in [-0.39, 0.29) is 11.2 Å². The number of nitrogens with zero attached hydrogens (tertiary/aromatic N) is 4. The molecule has 1 aromatic heterocycles. The number of benzene rings is 1. The molecule has 0 amide bonds. The van der Waals surface area contributed by atoms with Crippen LogP contribution < -0.4 is 15.8 Å². The fourth-order valence-corrected chi connectivity index (χ4v) is 5.30. The van der Waals surface area contributed by atoms with Gasteiger partial charge in [-0.2, -0.15) is 4.98 Å². The van der Waals surface area contributed by atoms with Gasteiger partial charge >= 0.3 is 6.01 Å². The van der Waals surface area contributed by atoms with Gasteiger partial charge < -0.3 is 20.7 Å². The number of nitrogens with one attached hydrogen (secondary N) is 1. The van der Waals surface area contributed by atoms with Crippen LogP contribution in [0.2, 0.25) is 0 Å². The van der Waals surface area contributed by atoms with Crippen LogP contribution in [0.1, 0.15) is 40.2 Å². The molecule has 2 aromatic rings. The number of carbonyl (C=O) groups excluding carboxylic acids is 1. The zero-order valence-electron chi connectivity index (χ0n) is 19.3. The fourth-order valence-electron chi connectivity index (χ4n) is 4.36. The standard InChI is InChI=1S/C23H30N6O2S2/c1-13(2)29-23(31-18-5-7-19(8-6-18)33-15(4)30)26-22(27-29)25-21-16-10-17(21)12-28(11-16)20(32)9-14(3)24/h5-9,13,16-17,21H,10-12,24H2,1-4H3,(H,25,27)/t16-,17?,21?/m0/s1. The number of nitrogens with two attached hydrogens (primary N) is 1. The lowest BCUT2D eigenvalue weighted by Crippen LogP contribution is -2.62. The van der Waals surface area contributed by atoms with Gasteiger partial charge in [0.25, 0.3) is 0 Å². The normalized spacial score (nSPS) is 22.2. The molecule has 1 saturated heterocycles. The third kappa shape index (κ3) is 5.50. The summed E-state index contributed by atoms with van der Waals surface area (Å²) >= 11 is 6.71. The Labute approximate surface area is 203 Å². The highest BCUT2D eigenvalue weighted by Gasteiger charge is 2.47. The quantitative estimate of drug-likeness (QED) is 0.339. The van der Waals surface area contributed by atoms with Gasteiger partial charge in [0.15, 0.2) is 5.12 Å². The minimum absolute atomic E-state index is 0.0515. The number of hydrogen-bond acceptors (Lipinski definition) is 8. The van der Waals surface area contributed by atoms with E-state index in [2.05, 4.69) is 20.3 Å². The molecular formula is C23H30N6O2S2. The molecular weight excluding hydrogens is 456 g/mol. The first-order valence-corrected chi connectivity index (χ1v) is 12.3. The van der Waals surface area contributed by atoms with Crippen molar-refractivity contribution < 1.29 is 9.53 Å². The minimum atomic E-state index is 0.0515. The summed E-state index contributed by atoms with van der Waals surface area (Å²) in [5, 5.41) is 8.25. The second kappa shape index (κ2) is 9.72. The lowest BCUT2D eigenvalue weighted by Gasteiger charge is -2.54. The number of aromatic nitrogens is 3. The summed E-state index contributed by atoms with van der Waals surface area (Å²) in [5.41, 5.74) is 6.52. The molecule has 2 bridgehead atoms. The average Bonchev–Trinajstić information content (AvgIpc) is 3.15. The van der Waals surface area contributed by atoms with Crippen LogP contribution in [0.4, 0.5) is 5.95 Å². The van der Waals surface area contributed by atoms with Crippen LogP contribution in [-0.2, 0) is 4.79 Å². The SMILES string of the molecule is CC(=O)Sc1ccc(Oc2nc(NC3C4C[C@H]3CN(C(=S)C=C(C)N)C4)nn2C(C)C)cc1. The lowest BCUT2D eigenvalue weighted by molar-refractivity contribution is -0.109. The Kier molecular flexibility index (Phi) is 6.94. The molecule has 1 aromatic carbocycles. The third-order valence-corrected chi connectivity index (χ3v) is 7.04. The van der Waals surface area contributed by atoms with Crippen molar-refractivity contribution in [3.63, 3.8) is 0 Å². The molecule has 1 aliphatic carbocycles. The van der Waals surface area contributed by atoms with Crippen LogP contribution in [0.25, 0.3) is 0 Å². The van der Waals surface area contributed by atoms with Crippen molar-refractivity contribution in [2.45, 2.75) is 51.1 Å². The van der Waals surface area contributed by atoms with Crippen molar-refractivity contribution in [1.82, 2.24) is 19.7 Å². The van der Waals surface area contributed by atoms with Crippen molar-refractivity contribution in [2.24, 2.45) is 17.6 Å². The van der Waals surface area contributed by atoms with Crippen molar-refractivity contribution in [3.05, 3.63) is 36.0 Å². The summed E-state index contributed by atoms with van der Waals surface area (Å²) < 4.78 is 7.82. The summed E-state index contributed by atoms with van der Waals surface area (Å²) in [6.07, 6.45) is 3.05. The highest BCUT2D eigenvalue weighted by molar-refractivity contribution is 8.13. The maximum absolute atomic E-state index is 11.3. The van der Waals surface area contributed by atoms with E-state index < -0.39 is 0 Å². The smallest absolute Gasteiger partial charge is 0.322 e. The van der Waals surface area contributed by atoms with Gasteiger partial charge in [-0.25, -0.2) is 4.68 Å². The van der Waals surface area contributed by atoms with E-state index in [1.807, 2.05) is 51.1 Å². The van der Waals surface area contributed by atoms with Crippen molar-refractivity contribution in [2.75, 3.05) is 18.4 Å². The van der Waals surface area contributed by atoms with E-state index in [0.717, 1.165) is 28.7 Å². The number of thioether (sulfide) groups is 1. The van der Waals surface area contributed by atoms with E-state index in [0.29, 0.717) is 35.6 Å². The first-order valence-electron chi connectivity index (χ1n) is 11.1. The Morgan fingerprint density at radius 3 is 2.52 bits per heavy atom. The molecule has 33 heavy (non-hydrogen) atoms. The summed E-state index contributed by atoms with van der Waals surface area (Å²) in [6, 6.07) is 8.26. The molecule has 3 N–H and O–H groups in total. The highest BCUT2D eigenvalue weighted by Crippen LogP contribution is 2.42. The van der Waals surface area contributed by atoms with Gasteiger partial charge in [-0.3, -0.25) is 4.79 Å². The number of rotatable bonds is 7. The van der Waals surface area contributed by atoms with Crippen LogP contribution in [-0.4, -0.2) is 48.9 Å². The van der Waals surface area contributed by atoms with Crippen LogP contribution in [0.3, 0.4) is 0 Å². The number of hydrogen-bond donors (Lipinski definition) is 2. The Morgan fingerprint density at radius 1 is 1.27 bits per heavy atom. The van der Waals surface area contributed by atoms with Gasteiger partial charge in [0.1, 0.15) is 10.7 Å². The Morgan fingerprint density at radius 2 is 1.94 bits per heavy atom. The first kappa shape index (κ1) is 23.6. The number of allylic oxidation sites excluding steroid dienone is 1. The second-order valence-corrected chi connectivity index (χ2v) is 10.6. The van der Waals surface area contributed by atoms with E-state index >= 15 is 0 Å². The first-order chi connectivity index (χ1) is 15.7. The van der Waals surface area contributed by atoms with Crippen LogP contribution >= 0.6 is 24.0 Å². The molecule has 2 heterocycles. The van der Waals surface area contributed by atoms with E-state index in [9.17, 15) is 4.79 Å². The van der Waals surface area contributed by atoms with Crippen molar-refractivity contribution in [1.29, 1.82) is 0 Å². The van der Waals surface area contributed by atoms with Crippen LogP contribution in [0, 0.1) is 11.8 Å². The van der Waals surface area contributed by atoms with E-state index in [1.165, 1.54) is 18.2 Å². The predicted molar refractivity (Wildman–Crippen MR) is 135 cm³/mol. The maximum Gasteiger partial charge on any atom is 0.322 e. The predicted octanol–water partition coefficient (Wildman–Crippen LogP) is 4.21. The number of likely N-dealkylation sites (tertiary alicyclic amines) is 1. The number of carbonyl (C=O) groups is 1. The van der Waals surface area contributed by atoms with Gasteiger partial charge in [0.05, 0.1) is 6.04 Å². The molecule has 1 aliphatic heterocycles. The van der Waals surface area contributed by atoms with Crippen LogP contribution in [0.5, 0.6) is 11.8 Å². The number of thiocarbonyl (C=S) groups is 1. The molecule has 0 radical (unpaired) electrons. The molecule has 4 rings (SSSR count). The molecule has 2 unspecified atom stereocenters. The Bertz CT molecular complexity index is 1050. The molecule has 176 valence electrons. The monoisotopic (exact) mass is 486 g/mol. The zero-order valence-corrected chi connectivity index (χ0v) is 20.9. The number of piperidine rings is 2. The third-order valence-electron chi connectivity index (χ3n) is 5.87. The minimum Gasteiger partial charge on any atom is -0.424 e. The zero-order chi connectivity index (χ0) is 23.7. The van der Waals surface area contributed by atoms with E-state index in [4.69, 9.17) is 22.7 Å². The van der Waals surface area contributed by atoms with Crippen molar-refractivity contribution >= 4 is 40.0 Å². The number of anilines is 1. The largest absolute Gasteiger partial charge is 0.424 e. The summed E-state index contributed by atoms with van der Waals surface area (Å²) in [4.78, 5) is 19.8. The van der Waals surface area contributed by atoms with Crippen molar-refractivity contribution in [3.8, 4) is 11.8 Å². The van der Waals surface area contributed by atoms with Gasteiger partial charge in [0, 0.05) is 36.6 Å². The van der Waals surface area contributed by atoms with Gasteiger partial charge in [0.2, 0.25) is 5.95 Å². The maximum atomic E-state index is 11.3. The molecule has 1 saturated carbocycles. The molecule has 3 atom stereocenters. The molecule has 10 heteroatoms.